The largest absolute Gasteiger partial charge is 0.507 e. The Morgan fingerprint density at radius 1 is 0.857 bits per heavy atom. The normalized spacial score (nSPS) is 16.8. The topological polar surface area (TPSA) is 113 Å². The van der Waals surface area contributed by atoms with Crippen LogP contribution in [0.15, 0.2) is 50.7 Å². The van der Waals surface area contributed by atoms with Crippen LogP contribution < -0.4 is 14.9 Å². The van der Waals surface area contributed by atoms with E-state index in [1.807, 2.05) is 44.7 Å². The third-order valence-electron chi connectivity index (χ3n) is 9.69. The molecule has 0 aliphatic carbocycles. The van der Waals surface area contributed by atoms with Crippen molar-refractivity contribution in [3.8, 4) is 17.2 Å². The molecule has 0 bridgehead atoms. The van der Waals surface area contributed by atoms with Crippen molar-refractivity contribution in [2.45, 2.75) is 97.9 Å². The molecule has 2 saturated heterocycles. The van der Waals surface area contributed by atoms with E-state index in [-0.39, 0.29) is 28.2 Å². The van der Waals surface area contributed by atoms with Crippen LogP contribution in [0.3, 0.4) is 0 Å². The van der Waals surface area contributed by atoms with Crippen LogP contribution in [0.5, 0.6) is 17.2 Å². The first kappa shape index (κ1) is 36.5. The van der Waals surface area contributed by atoms with E-state index < -0.39 is 5.97 Å². The van der Waals surface area contributed by atoms with Gasteiger partial charge in [-0.1, -0.05) is 23.3 Å². The number of phenols is 1. The predicted molar refractivity (Wildman–Crippen MR) is 195 cm³/mol. The number of unbranched alkanes of at least 4 members (excludes halogenated alkanes) is 2. The smallest absolute Gasteiger partial charge is 0.320 e. The Labute approximate surface area is 290 Å². The molecule has 1 unspecified atom stereocenters. The fraction of sp³-hybridized carbons (Fsp3) is 0.550. The van der Waals surface area contributed by atoms with Gasteiger partial charge in [-0.25, -0.2) is 0 Å². The third-order valence-corrected chi connectivity index (χ3v) is 9.69. The van der Waals surface area contributed by atoms with Crippen LogP contribution in [0.4, 0.5) is 0 Å². The van der Waals surface area contributed by atoms with Crippen LogP contribution in [-0.4, -0.2) is 78.0 Å². The number of phenolic OH excluding ortho intramolecular Hbond substituents is 1. The first-order valence-electron chi connectivity index (χ1n) is 18.1. The van der Waals surface area contributed by atoms with Gasteiger partial charge in [0.15, 0.2) is 0 Å². The zero-order valence-electron chi connectivity index (χ0n) is 29.8. The predicted octanol–water partition coefficient (Wildman–Crippen LogP) is 7.63. The number of ether oxygens (including phenoxy) is 2. The summed E-state index contributed by atoms with van der Waals surface area (Å²) in [7, 11) is 0. The number of allylic oxidation sites excluding steroid dienone is 4. The number of nitrogens with zero attached hydrogens (tertiary/aromatic N) is 2. The lowest BCUT2D eigenvalue weighted by molar-refractivity contribution is -0.142. The number of hydrogen-bond donors (Lipinski definition) is 2. The lowest BCUT2D eigenvalue weighted by Gasteiger charge is -2.20. The summed E-state index contributed by atoms with van der Waals surface area (Å²) in [4.78, 5) is 30.3. The first-order valence-corrected chi connectivity index (χ1v) is 18.1. The van der Waals surface area contributed by atoms with Gasteiger partial charge in [0.2, 0.25) is 5.43 Å². The molecule has 1 aromatic heterocycles. The van der Waals surface area contributed by atoms with Crippen LogP contribution in [0.2, 0.25) is 0 Å². The molecule has 266 valence electrons. The van der Waals surface area contributed by atoms with Gasteiger partial charge in [0.1, 0.15) is 39.8 Å². The van der Waals surface area contributed by atoms with Gasteiger partial charge in [0.05, 0.1) is 18.6 Å². The van der Waals surface area contributed by atoms with E-state index in [0.29, 0.717) is 60.5 Å². The highest BCUT2D eigenvalue weighted by Gasteiger charge is 2.29. The second-order valence-electron chi connectivity index (χ2n) is 14.1. The van der Waals surface area contributed by atoms with Crippen LogP contribution in [0, 0.1) is 0 Å². The van der Waals surface area contributed by atoms with Gasteiger partial charge < -0.3 is 29.0 Å². The average molecular weight is 675 g/mol. The van der Waals surface area contributed by atoms with Gasteiger partial charge in [-0.15, -0.1) is 0 Å². The van der Waals surface area contributed by atoms with E-state index in [1.165, 1.54) is 25.9 Å². The number of carboxylic acid groups (broad SMARTS) is 1. The Morgan fingerprint density at radius 2 is 1.53 bits per heavy atom. The summed E-state index contributed by atoms with van der Waals surface area (Å²) in [6.45, 7) is 14.0. The van der Waals surface area contributed by atoms with E-state index in [9.17, 15) is 19.8 Å². The summed E-state index contributed by atoms with van der Waals surface area (Å²) in [5.74, 6) is 0.309. The lowest BCUT2D eigenvalue weighted by atomic mass is 9.99. The van der Waals surface area contributed by atoms with Crippen LogP contribution in [-0.2, 0) is 17.6 Å². The summed E-state index contributed by atoms with van der Waals surface area (Å²) in [5.41, 5.74) is 4.02. The zero-order chi connectivity index (χ0) is 34.9. The minimum absolute atomic E-state index is 0.0886. The minimum Gasteiger partial charge on any atom is -0.507 e. The van der Waals surface area contributed by atoms with E-state index in [4.69, 9.17) is 13.9 Å². The maximum atomic E-state index is 14.2. The maximum Gasteiger partial charge on any atom is 0.320 e. The van der Waals surface area contributed by atoms with Crippen molar-refractivity contribution in [2.75, 3.05) is 45.9 Å². The summed E-state index contributed by atoms with van der Waals surface area (Å²) in [6, 6.07) is 5.03. The summed E-state index contributed by atoms with van der Waals surface area (Å²) in [6.07, 6.45) is 12.8. The van der Waals surface area contributed by atoms with E-state index >= 15 is 0 Å². The molecule has 2 fully saturated rings. The number of aromatic hydroxyl groups is 1. The van der Waals surface area contributed by atoms with E-state index in [1.54, 1.807) is 12.1 Å². The van der Waals surface area contributed by atoms with Gasteiger partial charge >= 0.3 is 5.97 Å². The van der Waals surface area contributed by atoms with E-state index in [2.05, 4.69) is 11.0 Å². The number of likely N-dealkylation sites (tertiary alicyclic amines) is 2. The number of carboxylic acids is 1. The molecule has 2 aliphatic rings. The van der Waals surface area contributed by atoms with Crippen molar-refractivity contribution in [3.05, 3.63) is 62.8 Å². The molecular formula is C40H54N2O7. The fourth-order valence-corrected chi connectivity index (χ4v) is 6.99. The SMILES string of the molecule is CC(C)=CCc1c(OCCCCN2CCCC2)cc2oc3cc(OCCCCN4CCCC4C(=O)O)cc(CC=C(C)C)c3c(=O)c2c1O. The number of benzene rings is 2. The minimum atomic E-state index is -0.744. The van der Waals surface area contributed by atoms with Gasteiger partial charge in [-0.05, 0) is 136 Å². The molecule has 9 heteroatoms. The molecule has 0 saturated carbocycles. The van der Waals surface area contributed by atoms with Gasteiger partial charge in [0, 0.05) is 17.7 Å². The van der Waals surface area contributed by atoms with Gasteiger partial charge in [-0.3, -0.25) is 14.5 Å². The molecule has 0 spiro atoms. The quantitative estimate of drug-likeness (QED) is 0.0848. The molecule has 2 aromatic carbocycles. The molecule has 2 N–H and O–H groups in total. The molecule has 3 heterocycles. The van der Waals surface area contributed by atoms with Crippen LogP contribution in [0.25, 0.3) is 21.9 Å². The van der Waals surface area contributed by atoms with Gasteiger partial charge in [0.25, 0.3) is 0 Å². The number of fused-ring (bicyclic) bond motifs is 2. The molecule has 49 heavy (non-hydrogen) atoms. The van der Waals surface area contributed by atoms with Crippen molar-refractivity contribution in [2.24, 2.45) is 0 Å². The Bertz CT molecular complexity index is 1730. The third kappa shape index (κ3) is 9.45. The summed E-state index contributed by atoms with van der Waals surface area (Å²) < 4.78 is 18.9. The Balaban J connectivity index is 1.40. The first-order chi connectivity index (χ1) is 23.6. The maximum absolute atomic E-state index is 14.2. The van der Waals surface area contributed by atoms with Crippen molar-refractivity contribution >= 4 is 27.9 Å². The Morgan fingerprint density at radius 3 is 2.24 bits per heavy atom. The Hall–Kier alpha value is -3.82. The fourth-order valence-electron chi connectivity index (χ4n) is 6.99. The van der Waals surface area contributed by atoms with Crippen LogP contribution >= 0.6 is 0 Å². The monoisotopic (exact) mass is 674 g/mol. The lowest BCUT2D eigenvalue weighted by Crippen LogP contribution is -2.36. The highest BCUT2D eigenvalue weighted by atomic mass is 16.5. The number of rotatable bonds is 17. The van der Waals surface area contributed by atoms with E-state index in [0.717, 1.165) is 68.4 Å². The summed E-state index contributed by atoms with van der Waals surface area (Å²) >= 11 is 0. The molecule has 1 atom stereocenters. The molecule has 0 amide bonds. The van der Waals surface area contributed by atoms with Crippen molar-refractivity contribution in [1.29, 1.82) is 0 Å². The van der Waals surface area contributed by atoms with Crippen molar-refractivity contribution in [3.63, 3.8) is 0 Å². The number of hydrogen-bond acceptors (Lipinski definition) is 8. The summed E-state index contributed by atoms with van der Waals surface area (Å²) in [5, 5.41) is 21.7. The average Bonchev–Trinajstić information content (AvgIpc) is 3.75. The molecular weight excluding hydrogens is 620 g/mol. The standard InChI is InChI=1S/C40H54N2O7/c1-27(2)13-15-29-24-30(47-22-10-8-20-42-21-11-12-32(42)40(45)46)25-34-36(29)39(44)37-35(49-34)26-33(31(38(37)43)16-14-28(3)4)48-23-9-7-19-41-17-5-6-18-41/h13-14,24-26,32,43H,5-12,15-23H2,1-4H3,(H,45,46). The highest BCUT2D eigenvalue weighted by Crippen LogP contribution is 2.38. The Kier molecular flexibility index (Phi) is 12.8. The number of aliphatic carboxylic acids is 1. The second kappa shape index (κ2) is 17.2. The molecule has 9 nitrogen and oxygen atoms in total. The van der Waals surface area contributed by atoms with Crippen molar-refractivity contribution in [1.82, 2.24) is 9.80 Å². The second-order valence-corrected chi connectivity index (χ2v) is 14.1. The molecule has 3 aromatic rings. The van der Waals surface area contributed by atoms with Crippen molar-refractivity contribution < 1.29 is 28.9 Å². The molecule has 5 rings (SSSR count). The van der Waals surface area contributed by atoms with Crippen LogP contribution in [0.1, 0.15) is 90.2 Å². The van der Waals surface area contributed by atoms with Gasteiger partial charge in [-0.2, -0.15) is 0 Å². The number of carbonyl (C=O) groups is 1. The zero-order valence-corrected chi connectivity index (χ0v) is 29.8. The highest BCUT2D eigenvalue weighted by molar-refractivity contribution is 5.96. The molecule has 2 aliphatic heterocycles. The molecule has 0 radical (unpaired) electrons.